The molecule has 0 spiro atoms. The molecule has 2 fully saturated rings. The highest BCUT2D eigenvalue weighted by atomic mass is 32.1. The smallest absolute Gasteiger partial charge is 0.255 e. The lowest BCUT2D eigenvalue weighted by Gasteiger charge is -2.31. The third-order valence-corrected chi connectivity index (χ3v) is 6.58. The van der Waals surface area contributed by atoms with Gasteiger partial charge in [-0.15, -0.1) is 11.3 Å². The van der Waals surface area contributed by atoms with Gasteiger partial charge in [-0.25, -0.2) is 4.39 Å². The Morgan fingerprint density at radius 3 is 2.92 bits per heavy atom. The zero-order valence-electron chi connectivity index (χ0n) is 15.1. The van der Waals surface area contributed by atoms with Crippen LogP contribution in [0.1, 0.15) is 52.4 Å². The first kappa shape index (κ1) is 17.7. The molecule has 2 aliphatic rings. The molecule has 26 heavy (non-hydrogen) atoms. The molecule has 3 nitrogen and oxygen atoms in total. The highest BCUT2D eigenvalue weighted by Gasteiger charge is 2.44. The van der Waals surface area contributed by atoms with Crippen molar-refractivity contribution in [2.45, 2.75) is 50.6 Å². The summed E-state index contributed by atoms with van der Waals surface area (Å²) in [6.07, 6.45) is 4.51. The molecule has 5 heteroatoms. The van der Waals surface area contributed by atoms with Crippen molar-refractivity contribution >= 4 is 17.2 Å². The number of likely N-dealkylation sites (tertiary alicyclic amines) is 1. The van der Waals surface area contributed by atoms with Crippen LogP contribution in [0.2, 0.25) is 0 Å². The number of aryl methyl sites for hydroxylation is 1. The lowest BCUT2D eigenvalue weighted by atomic mass is 9.88. The van der Waals surface area contributed by atoms with Gasteiger partial charge in [0, 0.05) is 34.8 Å². The molecule has 3 heterocycles. The van der Waals surface area contributed by atoms with Gasteiger partial charge < -0.3 is 10.2 Å². The molecule has 0 bridgehead atoms. The van der Waals surface area contributed by atoms with Gasteiger partial charge in [-0.3, -0.25) is 4.79 Å². The number of benzene rings is 1. The van der Waals surface area contributed by atoms with Crippen LogP contribution in [0.4, 0.5) is 4.39 Å². The number of carbonyl (C=O) groups excluding carboxylic acids is 1. The van der Waals surface area contributed by atoms with Gasteiger partial charge in [0.1, 0.15) is 5.82 Å². The Bertz CT molecular complexity index is 790. The molecule has 2 aromatic rings. The average Bonchev–Trinajstić information content (AvgIpc) is 3.18. The van der Waals surface area contributed by atoms with Crippen LogP contribution in [0, 0.1) is 12.7 Å². The monoisotopic (exact) mass is 372 g/mol. The average molecular weight is 373 g/mol. The van der Waals surface area contributed by atoms with E-state index in [9.17, 15) is 9.18 Å². The van der Waals surface area contributed by atoms with E-state index in [0.717, 1.165) is 41.8 Å². The fourth-order valence-corrected chi connectivity index (χ4v) is 5.14. The minimum atomic E-state index is -0.205. The van der Waals surface area contributed by atoms with E-state index in [1.165, 1.54) is 12.5 Å². The van der Waals surface area contributed by atoms with E-state index < -0.39 is 0 Å². The van der Waals surface area contributed by atoms with Crippen LogP contribution in [0.25, 0.3) is 0 Å². The lowest BCUT2D eigenvalue weighted by molar-refractivity contribution is 0.0713. The zero-order valence-corrected chi connectivity index (χ0v) is 15.9. The number of amides is 1. The Morgan fingerprint density at radius 2 is 2.15 bits per heavy atom. The third kappa shape index (κ3) is 3.42. The highest BCUT2D eigenvalue weighted by molar-refractivity contribution is 7.10. The number of nitrogens with zero attached hydrogens (tertiary/aromatic N) is 1. The molecule has 1 aromatic carbocycles. The molecule has 0 saturated carbocycles. The molecule has 1 aromatic heterocycles. The number of thiophene rings is 1. The van der Waals surface area contributed by atoms with Crippen LogP contribution in [0.3, 0.4) is 0 Å². The second kappa shape index (κ2) is 7.49. The number of hydrogen-bond donors (Lipinski definition) is 1. The van der Waals surface area contributed by atoms with Crippen molar-refractivity contribution in [3.05, 3.63) is 57.5 Å². The molecular weight excluding hydrogens is 347 g/mol. The lowest BCUT2D eigenvalue weighted by Crippen LogP contribution is -2.46. The maximum atomic E-state index is 13.8. The largest absolute Gasteiger partial charge is 0.333 e. The standard InChI is InChI=1S/C21H25FN2OS/c1-14-10-16(13-26-14)21(25)24-12-18(15-6-5-7-17(22)11-15)20-19(24)8-3-2-4-9-23-20/h5-7,10-11,13,18-20,23H,2-4,8-9,12H2,1H3/t18-,19+,20-/m0/s1. The van der Waals surface area contributed by atoms with E-state index in [1.54, 1.807) is 23.5 Å². The van der Waals surface area contributed by atoms with Gasteiger partial charge in [0.2, 0.25) is 0 Å². The molecule has 0 aliphatic carbocycles. The van der Waals surface area contributed by atoms with Gasteiger partial charge in [0.05, 0.1) is 5.56 Å². The third-order valence-electron chi connectivity index (χ3n) is 5.71. The number of nitrogens with one attached hydrogen (secondary N) is 1. The predicted octanol–water partition coefficient (Wildman–Crippen LogP) is 4.34. The molecule has 138 valence electrons. The molecule has 4 rings (SSSR count). The van der Waals surface area contributed by atoms with Crippen LogP contribution in [0.5, 0.6) is 0 Å². The Morgan fingerprint density at radius 1 is 1.27 bits per heavy atom. The number of hydrogen-bond acceptors (Lipinski definition) is 3. The summed E-state index contributed by atoms with van der Waals surface area (Å²) >= 11 is 1.61. The Labute approximate surface area is 158 Å². The normalized spacial score (nSPS) is 26.2. The van der Waals surface area contributed by atoms with Gasteiger partial charge in [-0.1, -0.05) is 25.0 Å². The van der Waals surface area contributed by atoms with Crippen LogP contribution in [-0.4, -0.2) is 36.0 Å². The maximum absolute atomic E-state index is 13.8. The van der Waals surface area contributed by atoms with E-state index in [2.05, 4.69) is 5.32 Å². The van der Waals surface area contributed by atoms with Crippen molar-refractivity contribution in [2.24, 2.45) is 0 Å². The minimum absolute atomic E-state index is 0.116. The fraction of sp³-hybridized carbons (Fsp3) is 0.476. The van der Waals surface area contributed by atoms with Gasteiger partial charge in [0.25, 0.3) is 5.91 Å². The van der Waals surface area contributed by atoms with Crippen LogP contribution < -0.4 is 5.32 Å². The first-order chi connectivity index (χ1) is 12.6. The molecule has 2 saturated heterocycles. The summed E-state index contributed by atoms with van der Waals surface area (Å²) in [6.45, 7) is 3.65. The predicted molar refractivity (Wildman–Crippen MR) is 103 cm³/mol. The fourth-order valence-electron chi connectivity index (χ4n) is 4.47. The number of fused-ring (bicyclic) bond motifs is 1. The molecule has 3 atom stereocenters. The Kier molecular flexibility index (Phi) is 5.09. The minimum Gasteiger partial charge on any atom is -0.333 e. The van der Waals surface area contributed by atoms with Crippen molar-refractivity contribution < 1.29 is 9.18 Å². The maximum Gasteiger partial charge on any atom is 0.255 e. The van der Waals surface area contributed by atoms with Crippen molar-refractivity contribution in [1.82, 2.24) is 10.2 Å². The first-order valence-electron chi connectivity index (χ1n) is 9.48. The van der Waals surface area contributed by atoms with Gasteiger partial charge in [-0.2, -0.15) is 0 Å². The summed E-state index contributed by atoms with van der Waals surface area (Å²) in [7, 11) is 0. The van der Waals surface area contributed by atoms with Crippen molar-refractivity contribution in [2.75, 3.05) is 13.1 Å². The molecular formula is C21H25FN2OS. The Balaban J connectivity index is 1.66. The molecule has 0 radical (unpaired) electrons. The van der Waals surface area contributed by atoms with Gasteiger partial charge in [0.15, 0.2) is 0 Å². The molecule has 1 N–H and O–H groups in total. The molecule has 1 amide bonds. The van der Waals surface area contributed by atoms with E-state index in [1.807, 2.05) is 29.3 Å². The Hall–Kier alpha value is -1.72. The van der Waals surface area contributed by atoms with E-state index >= 15 is 0 Å². The van der Waals surface area contributed by atoms with Crippen molar-refractivity contribution in [1.29, 1.82) is 0 Å². The van der Waals surface area contributed by atoms with E-state index in [-0.39, 0.29) is 29.7 Å². The van der Waals surface area contributed by atoms with Crippen molar-refractivity contribution in [3.8, 4) is 0 Å². The number of halogens is 1. The van der Waals surface area contributed by atoms with Gasteiger partial charge >= 0.3 is 0 Å². The summed E-state index contributed by atoms with van der Waals surface area (Å²) in [5.41, 5.74) is 1.78. The second-order valence-corrected chi connectivity index (χ2v) is 8.58. The highest BCUT2D eigenvalue weighted by Crippen LogP contribution is 2.37. The van der Waals surface area contributed by atoms with Crippen LogP contribution in [0.15, 0.2) is 35.7 Å². The van der Waals surface area contributed by atoms with E-state index in [0.29, 0.717) is 6.54 Å². The van der Waals surface area contributed by atoms with Crippen LogP contribution in [-0.2, 0) is 0 Å². The summed E-state index contributed by atoms with van der Waals surface area (Å²) in [5, 5.41) is 5.64. The van der Waals surface area contributed by atoms with E-state index in [4.69, 9.17) is 0 Å². The molecule has 2 aliphatic heterocycles. The van der Waals surface area contributed by atoms with Crippen LogP contribution >= 0.6 is 11.3 Å². The summed E-state index contributed by atoms with van der Waals surface area (Å²) in [6, 6.07) is 9.23. The zero-order chi connectivity index (χ0) is 18.1. The number of rotatable bonds is 2. The quantitative estimate of drug-likeness (QED) is 0.851. The second-order valence-electron chi connectivity index (χ2n) is 7.46. The first-order valence-corrected chi connectivity index (χ1v) is 10.4. The van der Waals surface area contributed by atoms with Crippen molar-refractivity contribution in [3.63, 3.8) is 0 Å². The summed E-state index contributed by atoms with van der Waals surface area (Å²) in [4.78, 5) is 16.4. The summed E-state index contributed by atoms with van der Waals surface area (Å²) < 4.78 is 13.8. The molecule has 0 unspecified atom stereocenters. The topological polar surface area (TPSA) is 32.3 Å². The summed E-state index contributed by atoms with van der Waals surface area (Å²) in [5.74, 6) is 0.0474. The van der Waals surface area contributed by atoms with Gasteiger partial charge in [-0.05, 0) is 50.1 Å². The SMILES string of the molecule is Cc1cc(C(=O)N2C[C@@H](c3cccc(F)c3)[C@@H]3NCCCCC[C@H]32)cs1. The number of carbonyl (C=O) groups is 1.